The number of carbonyl (C=O) groups excluding carboxylic acids is 1. The van der Waals surface area contributed by atoms with E-state index in [0.29, 0.717) is 5.16 Å². The molecule has 1 N–H and O–H groups in total. The Kier molecular flexibility index (Phi) is 4.14. The lowest BCUT2D eigenvalue weighted by Gasteiger charge is -2.29. The van der Waals surface area contributed by atoms with E-state index in [-0.39, 0.29) is 17.2 Å². The monoisotopic (exact) mass is 341 g/mol. The Balaban J connectivity index is 1.48. The summed E-state index contributed by atoms with van der Waals surface area (Å²) in [6.07, 6.45) is 4.67. The van der Waals surface area contributed by atoms with Gasteiger partial charge in [-0.3, -0.25) is 9.59 Å². The molecule has 124 valence electrons. The summed E-state index contributed by atoms with van der Waals surface area (Å²) in [5, 5.41) is 0.555. The number of H-pyrrole nitrogens is 1. The summed E-state index contributed by atoms with van der Waals surface area (Å²) in [6, 6.07) is 8.08. The number of amides is 1. The number of nitrogens with one attached hydrogen (secondary N) is 1. The molecule has 0 saturated heterocycles. The maximum absolute atomic E-state index is 12.6. The van der Waals surface area contributed by atoms with Crippen molar-refractivity contribution in [3.8, 4) is 0 Å². The van der Waals surface area contributed by atoms with Crippen molar-refractivity contribution in [1.82, 2.24) is 9.97 Å². The van der Waals surface area contributed by atoms with Crippen LogP contribution in [-0.4, -0.2) is 28.2 Å². The quantitative estimate of drug-likeness (QED) is 0.687. The zero-order chi connectivity index (χ0) is 16.5. The van der Waals surface area contributed by atoms with Crippen molar-refractivity contribution in [2.75, 3.05) is 17.2 Å². The summed E-state index contributed by atoms with van der Waals surface area (Å²) in [6.45, 7) is 0.755. The highest BCUT2D eigenvalue weighted by Crippen LogP contribution is 2.28. The molecule has 0 radical (unpaired) electrons. The van der Waals surface area contributed by atoms with Gasteiger partial charge in [0.1, 0.15) is 0 Å². The van der Waals surface area contributed by atoms with Crippen LogP contribution in [0.4, 0.5) is 5.69 Å². The average molecular weight is 341 g/mol. The summed E-state index contributed by atoms with van der Waals surface area (Å²) in [4.78, 5) is 33.9. The van der Waals surface area contributed by atoms with E-state index in [9.17, 15) is 9.59 Å². The fraction of sp³-hybridized carbons (Fsp3) is 0.389. The van der Waals surface area contributed by atoms with Crippen molar-refractivity contribution in [3.63, 3.8) is 0 Å². The first-order valence-corrected chi connectivity index (χ1v) is 9.34. The highest BCUT2D eigenvalue weighted by atomic mass is 32.2. The second-order valence-corrected chi connectivity index (χ2v) is 7.18. The van der Waals surface area contributed by atoms with Crippen LogP contribution in [0.25, 0.3) is 0 Å². The first-order chi connectivity index (χ1) is 11.7. The van der Waals surface area contributed by atoms with E-state index in [1.54, 1.807) is 0 Å². The van der Waals surface area contributed by atoms with Crippen LogP contribution in [0, 0.1) is 0 Å². The fourth-order valence-corrected chi connectivity index (χ4v) is 4.24. The van der Waals surface area contributed by atoms with E-state index in [0.717, 1.165) is 55.6 Å². The van der Waals surface area contributed by atoms with Crippen molar-refractivity contribution in [2.24, 2.45) is 0 Å². The number of hydrogen-bond donors (Lipinski definition) is 1. The van der Waals surface area contributed by atoms with Gasteiger partial charge in [0.2, 0.25) is 5.91 Å². The van der Waals surface area contributed by atoms with E-state index < -0.39 is 0 Å². The number of aromatic nitrogens is 2. The van der Waals surface area contributed by atoms with Crippen molar-refractivity contribution >= 4 is 23.4 Å². The molecule has 1 amide bonds. The third-order valence-corrected chi connectivity index (χ3v) is 5.52. The highest BCUT2D eigenvalue weighted by Gasteiger charge is 2.23. The number of anilines is 1. The molecule has 0 unspecified atom stereocenters. The Labute approximate surface area is 144 Å². The van der Waals surface area contributed by atoms with Crippen LogP contribution in [0.2, 0.25) is 0 Å². The van der Waals surface area contributed by atoms with Gasteiger partial charge in [0, 0.05) is 17.8 Å². The molecule has 1 aromatic heterocycles. The molecule has 0 saturated carbocycles. The Hall–Kier alpha value is -2.08. The van der Waals surface area contributed by atoms with Gasteiger partial charge in [0.25, 0.3) is 5.56 Å². The zero-order valence-corrected chi connectivity index (χ0v) is 14.2. The predicted octanol–water partition coefficient (Wildman–Crippen LogP) is 2.33. The van der Waals surface area contributed by atoms with Gasteiger partial charge in [-0.15, -0.1) is 0 Å². The van der Waals surface area contributed by atoms with Crippen LogP contribution in [0.15, 0.2) is 34.2 Å². The van der Waals surface area contributed by atoms with Crippen LogP contribution >= 0.6 is 11.8 Å². The maximum atomic E-state index is 12.6. The van der Waals surface area contributed by atoms with Crippen LogP contribution in [0.3, 0.4) is 0 Å². The third-order valence-electron chi connectivity index (χ3n) is 4.66. The first kappa shape index (κ1) is 15.4. The number of hydrogen-bond acceptors (Lipinski definition) is 4. The Bertz CT molecular complexity index is 846. The topological polar surface area (TPSA) is 66.1 Å². The Morgan fingerprint density at radius 2 is 2.08 bits per heavy atom. The van der Waals surface area contributed by atoms with Crippen LogP contribution in [0.1, 0.15) is 29.7 Å². The molecule has 0 spiro atoms. The Morgan fingerprint density at radius 1 is 1.21 bits per heavy atom. The fourth-order valence-electron chi connectivity index (χ4n) is 3.49. The lowest BCUT2D eigenvalue weighted by atomic mass is 10.0. The molecule has 24 heavy (non-hydrogen) atoms. The van der Waals surface area contributed by atoms with Gasteiger partial charge < -0.3 is 9.88 Å². The molecule has 0 fully saturated rings. The van der Waals surface area contributed by atoms with Crippen molar-refractivity contribution < 1.29 is 4.79 Å². The summed E-state index contributed by atoms with van der Waals surface area (Å²) < 4.78 is 0. The molecule has 0 atom stereocenters. The molecular formula is C18H19N3O2S. The van der Waals surface area contributed by atoms with Gasteiger partial charge in [-0.05, 0) is 43.7 Å². The molecule has 2 aliphatic rings. The number of aryl methyl sites for hydroxylation is 2. The second-order valence-electron chi connectivity index (χ2n) is 6.22. The number of para-hydroxylation sites is 1. The summed E-state index contributed by atoms with van der Waals surface area (Å²) in [5.41, 5.74) is 3.92. The predicted molar refractivity (Wildman–Crippen MR) is 94.7 cm³/mol. The third kappa shape index (κ3) is 2.86. The SMILES string of the molecule is O=C(CSc1nc2c(c(=O)[nH]1)CCC2)N1CCCc2ccccc21. The highest BCUT2D eigenvalue weighted by molar-refractivity contribution is 7.99. The van der Waals surface area contributed by atoms with Gasteiger partial charge in [-0.2, -0.15) is 0 Å². The van der Waals surface area contributed by atoms with Gasteiger partial charge >= 0.3 is 0 Å². The maximum Gasteiger partial charge on any atom is 0.254 e. The van der Waals surface area contributed by atoms with E-state index >= 15 is 0 Å². The normalized spacial score (nSPS) is 15.9. The van der Waals surface area contributed by atoms with E-state index in [4.69, 9.17) is 0 Å². The van der Waals surface area contributed by atoms with Crippen LogP contribution < -0.4 is 10.5 Å². The number of nitrogens with zero attached hydrogens (tertiary/aromatic N) is 2. The average Bonchev–Trinajstić information content (AvgIpc) is 3.08. The minimum Gasteiger partial charge on any atom is -0.311 e. The van der Waals surface area contributed by atoms with Crippen LogP contribution in [0.5, 0.6) is 0 Å². The van der Waals surface area contributed by atoms with Crippen LogP contribution in [-0.2, 0) is 24.1 Å². The number of thioether (sulfide) groups is 1. The molecule has 5 nitrogen and oxygen atoms in total. The lowest BCUT2D eigenvalue weighted by Crippen LogP contribution is -2.36. The first-order valence-electron chi connectivity index (χ1n) is 8.35. The van der Waals surface area contributed by atoms with Gasteiger partial charge in [0.15, 0.2) is 5.16 Å². The molecule has 4 rings (SSSR count). The molecule has 2 aromatic rings. The standard InChI is InChI=1S/C18H19N3O2S/c22-16(21-10-4-6-12-5-1-2-9-15(12)21)11-24-18-19-14-8-3-7-13(14)17(23)20-18/h1-2,5,9H,3-4,6-8,10-11H2,(H,19,20,23). The van der Waals surface area contributed by atoms with Crippen molar-refractivity contribution in [1.29, 1.82) is 0 Å². The van der Waals surface area contributed by atoms with Crippen molar-refractivity contribution in [3.05, 3.63) is 51.4 Å². The molecule has 2 heterocycles. The van der Waals surface area contributed by atoms with E-state index in [1.807, 2.05) is 23.1 Å². The number of carbonyl (C=O) groups is 1. The van der Waals surface area contributed by atoms with Gasteiger partial charge in [-0.25, -0.2) is 4.98 Å². The Morgan fingerprint density at radius 3 is 3.00 bits per heavy atom. The molecule has 0 bridgehead atoms. The smallest absolute Gasteiger partial charge is 0.254 e. The number of fused-ring (bicyclic) bond motifs is 2. The second kappa shape index (κ2) is 6.43. The summed E-state index contributed by atoms with van der Waals surface area (Å²) in [5.74, 6) is 0.353. The van der Waals surface area contributed by atoms with Gasteiger partial charge in [0.05, 0.1) is 11.4 Å². The summed E-state index contributed by atoms with van der Waals surface area (Å²) in [7, 11) is 0. The lowest BCUT2D eigenvalue weighted by molar-refractivity contribution is -0.116. The minimum atomic E-state index is -0.0456. The minimum absolute atomic E-state index is 0.0456. The molecular weight excluding hydrogens is 322 g/mol. The number of benzene rings is 1. The molecule has 1 aliphatic carbocycles. The van der Waals surface area contributed by atoms with E-state index in [1.165, 1.54) is 17.3 Å². The van der Waals surface area contributed by atoms with Crippen molar-refractivity contribution in [2.45, 2.75) is 37.3 Å². The largest absolute Gasteiger partial charge is 0.311 e. The molecule has 1 aromatic carbocycles. The molecule has 6 heteroatoms. The summed E-state index contributed by atoms with van der Waals surface area (Å²) >= 11 is 1.32. The zero-order valence-electron chi connectivity index (χ0n) is 13.4. The number of rotatable bonds is 3. The van der Waals surface area contributed by atoms with Gasteiger partial charge in [-0.1, -0.05) is 30.0 Å². The number of aromatic amines is 1. The van der Waals surface area contributed by atoms with E-state index in [2.05, 4.69) is 16.0 Å². The molecule has 1 aliphatic heterocycles.